The Hall–Kier alpha value is -1.62. The second-order valence-corrected chi connectivity index (χ2v) is 5.65. The number of pyridine rings is 1. The Labute approximate surface area is 112 Å². The van der Waals surface area contributed by atoms with E-state index in [1.807, 2.05) is 6.92 Å². The van der Waals surface area contributed by atoms with E-state index >= 15 is 0 Å². The summed E-state index contributed by atoms with van der Waals surface area (Å²) in [5.41, 5.74) is 0.980. The Morgan fingerprint density at radius 2 is 2.11 bits per heavy atom. The molecule has 0 atom stereocenters. The van der Waals surface area contributed by atoms with E-state index in [-0.39, 0.29) is 23.5 Å². The molecule has 0 saturated carbocycles. The molecule has 0 bridgehead atoms. The van der Waals surface area contributed by atoms with Gasteiger partial charge in [0.15, 0.2) is 0 Å². The molecule has 0 aromatic carbocycles. The quantitative estimate of drug-likeness (QED) is 0.834. The van der Waals surface area contributed by atoms with Crippen molar-refractivity contribution in [3.8, 4) is 0 Å². The lowest BCUT2D eigenvalue weighted by Gasteiger charge is -2.38. The van der Waals surface area contributed by atoms with Crippen LogP contribution in [0.5, 0.6) is 0 Å². The Morgan fingerprint density at radius 3 is 2.63 bits per heavy atom. The molecule has 1 aromatic rings. The van der Waals surface area contributed by atoms with Gasteiger partial charge in [0.05, 0.1) is 5.56 Å². The summed E-state index contributed by atoms with van der Waals surface area (Å²) in [5, 5.41) is 9.32. The smallest absolute Gasteiger partial charge is 0.255 e. The third kappa shape index (κ3) is 2.87. The summed E-state index contributed by atoms with van der Waals surface area (Å²) in [6.45, 7) is 5.26. The number of hydrogen-bond acceptors (Lipinski definition) is 3. The van der Waals surface area contributed by atoms with Crippen LogP contribution in [-0.4, -0.2) is 40.6 Å². The van der Waals surface area contributed by atoms with Crippen LogP contribution in [0.25, 0.3) is 0 Å². The lowest BCUT2D eigenvalue weighted by atomic mass is 9.81. The minimum atomic E-state index is -0.194. The minimum absolute atomic E-state index is 0.0475. The number of aliphatic hydroxyl groups excluding tert-OH is 1. The predicted octanol–water partition coefficient (Wildman–Crippen LogP) is 0.918. The summed E-state index contributed by atoms with van der Waals surface area (Å²) in [6.07, 6.45) is 3.09. The third-order valence-electron chi connectivity index (χ3n) is 4.00. The molecule has 1 amide bonds. The van der Waals surface area contributed by atoms with E-state index in [1.165, 1.54) is 12.3 Å². The van der Waals surface area contributed by atoms with E-state index < -0.39 is 0 Å². The van der Waals surface area contributed by atoms with E-state index in [1.54, 1.807) is 11.8 Å². The van der Waals surface area contributed by atoms with Crippen LogP contribution in [0.1, 0.15) is 35.7 Å². The number of likely N-dealkylation sites (tertiary alicyclic amines) is 1. The van der Waals surface area contributed by atoms with Crippen molar-refractivity contribution >= 4 is 5.91 Å². The molecule has 2 rings (SSSR count). The number of nitrogens with zero attached hydrogens (tertiary/aromatic N) is 1. The first-order chi connectivity index (χ1) is 8.95. The average Bonchev–Trinajstić information content (AvgIpc) is 2.39. The zero-order valence-corrected chi connectivity index (χ0v) is 11.4. The Balaban J connectivity index is 2.11. The molecule has 1 fully saturated rings. The van der Waals surface area contributed by atoms with Gasteiger partial charge in [-0.25, -0.2) is 0 Å². The van der Waals surface area contributed by atoms with Gasteiger partial charge < -0.3 is 15.0 Å². The van der Waals surface area contributed by atoms with Crippen LogP contribution in [0.3, 0.4) is 0 Å². The number of H-pyrrole nitrogens is 1. The molecule has 1 aliphatic rings. The zero-order chi connectivity index (χ0) is 14.0. The van der Waals surface area contributed by atoms with Crippen molar-refractivity contribution in [1.82, 2.24) is 9.88 Å². The molecule has 2 N–H and O–H groups in total. The topological polar surface area (TPSA) is 73.4 Å². The maximum absolute atomic E-state index is 12.4. The van der Waals surface area contributed by atoms with Gasteiger partial charge in [0.1, 0.15) is 0 Å². The van der Waals surface area contributed by atoms with Gasteiger partial charge in [-0.15, -0.1) is 0 Å². The predicted molar refractivity (Wildman–Crippen MR) is 72.1 cm³/mol. The number of amides is 1. The number of aromatic amines is 1. The Kier molecular flexibility index (Phi) is 3.75. The first-order valence-electron chi connectivity index (χ1n) is 6.55. The van der Waals surface area contributed by atoms with Crippen LogP contribution in [0.15, 0.2) is 17.1 Å². The second-order valence-electron chi connectivity index (χ2n) is 5.65. The fourth-order valence-electron chi connectivity index (χ4n) is 2.38. The van der Waals surface area contributed by atoms with E-state index in [0.29, 0.717) is 24.2 Å². The van der Waals surface area contributed by atoms with Crippen LogP contribution in [0, 0.1) is 12.3 Å². The molecule has 5 nitrogen and oxygen atoms in total. The lowest BCUT2D eigenvalue weighted by molar-refractivity contribution is 0.0439. The van der Waals surface area contributed by atoms with Crippen molar-refractivity contribution in [3.63, 3.8) is 0 Å². The first kappa shape index (κ1) is 13.8. The SMILES string of the molecule is Cc1cc(=O)[nH]cc1C(=O)N1CCC(C)(CO)CC1. The first-order valence-corrected chi connectivity index (χ1v) is 6.55. The van der Waals surface area contributed by atoms with Crippen molar-refractivity contribution in [2.75, 3.05) is 19.7 Å². The number of aliphatic hydroxyl groups is 1. The molecular weight excluding hydrogens is 244 g/mol. The molecule has 0 unspecified atom stereocenters. The molecule has 1 aliphatic heterocycles. The maximum atomic E-state index is 12.4. The van der Waals surface area contributed by atoms with Crippen molar-refractivity contribution in [1.29, 1.82) is 0 Å². The second kappa shape index (κ2) is 5.17. The normalized spacial score (nSPS) is 18.4. The number of nitrogens with one attached hydrogen (secondary N) is 1. The summed E-state index contributed by atoms with van der Waals surface area (Å²) in [5.74, 6) is -0.0475. The highest BCUT2D eigenvalue weighted by atomic mass is 16.3. The van der Waals surface area contributed by atoms with Crippen LogP contribution >= 0.6 is 0 Å². The minimum Gasteiger partial charge on any atom is -0.396 e. The van der Waals surface area contributed by atoms with Crippen molar-refractivity contribution < 1.29 is 9.90 Å². The molecule has 1 saturated heterocycles. The number of carbonyl (C=O) groups excluding carboxylic acids is 1. The van der Waals surface area contributed by atoms with Gasteiger partial charge in [0, 0.05) is 32.0 Å². The third-order valence-corrected chi connectivity index (χ3v) is 4.00. The number of rotatable bonds is 2. The van der Waals surface area contributed by atoms with Crippen LogP contribution in [-0.2, 0) is 0 Å². The number of carbonyl (C=O) groups is 1. The number of aryl methyl sites for hydroxylation is 1. The fraction of sp³-hybridized carbons (Fsp3) is 0.571. The van der Waals surface area contributed by atoms with E-state index in [2.05, 4.69) is 4.98 Å². The van der Waals surface area contributed by atoms with Crippen LogP contribution in [0.2, 0.25) is 0 Å². The van der Waals surface area contributed by atoms with E-state index in [0.717, 1.165) is 12.8 Å². The summed E-state index contributed by atoms with van der Waals surface area (Å²) in [4.78, 5) is 27.9. The molecule has 5 heteroatoms. The molecule has 0 radical (unpaired) electrons. The van der Waals surface area contributed by atoms with Gasteiger partial charge >= 0.3 is 0 Å². The van der Waals surface area contributed by atoms with Crippen LogP contribution < -0.4 is 5.56 Å². The zero-order valence-electron chi connectivity index (χ0n) is 11.4. The van der Waals surface area contributed by atoms with Gasteiger partial charge in [0.25, 0.3) is 5.91 Å². The molecule has 0 aliphatic carbocycles. The van der Waals surface area contributed by atoms with Gasteiger partial charge in [-0.2, -0.15) is 0 Å². The summed E-state index contributed by atoms with van der Waals surface area (Å²) in [7, 11) is 0. The molecule has 1 aromatic heterocycles. The number of aromatic nitrogens is 1. The van der Waals surface area contributed by atoms with Crippen molar-refractivity contribution in [3.05, 3.63) is 33.7 Å². The molecule has 19 heavy (non-hydrogen) atoms. The summed E-state index contributed by atoms with van der Waals surface area (Å²) < 4.78 is 0. The number of piperidine rings is 1. The largest absolute Gasteiger partial charge is 0.396 e. The Bertz CT molecular complexity index is 528. The molecular formula is C14H20N2O3. The fourth-order valence-corrected chi connectivity index (χ4v) is 2.38. The number of hydrogen-bond donors (Lipinski definition) is 2. The standard InChI is InChI=1S/C14H20N2O3/c1-10-7-12(18)15-8-11(10)13(19)16-5-3-14(2,9-17)4-6-16/h7-8,17H,3-6,9H2,1-2H3,(H,15,18). The summed E-state index contributed by atoms with van der Waals surface area (Å²) >= 11 is 0. The Morgan fingerprint density at radius 1 is 1.47 bits per heavy atom. The van der Waals surface area contributed by atoms with Crippen molar-refractivity contribution in [2.45, 2.75) is 26.7 Å². The lowest BCUT2D eigenvalue weighted by Crippen LogP contribution is -2.43. The van der Waals surface area contributed by atoms with E-state index in [9.17, 15) is 14.7 Å². The van der Waals surface area contributed by atoms with Gasteiger partial charge in [-0.3, -0.25) is 9.59 Å². The molecule has 2 heterocycles. The summed E-state index contributed by atoms with van der Waals surface area (Å²) in [6, 6.07) is 1.44. The monoisotopic (exact) mass is 264 g/mol. The highest BCUT2D eigenvalue weighted by Crippen LogP contribution is 2.30. The highest BCUT2D eigenvalue weighted by molar-refractivity contribution is 5.95. The van der Waals surface area contributed by atoms with Gasteiger partial charge in [-0.05, 0) is 30.7 Å². The van der Waals surface area contributed by atoms with Gasteiger partial charge in [0.2, 0.25) is 5.56 Å². The highest BCUT2D eigenvalue weighted by Gasteiger charge is 2.31. The molecule has 104 valence electrons. The van der Waals surface area contributed by atoms with Gasteiger partial charge in [-0.1, -0.05) is 6.92 Å². The van der Waals surface area contributed by atoms with Crippen molar-refractivity contribution in [2.24, 2.45) is 5.41 Å². The van der Waals surface area contributed by atoms with Crippen LogP contribution in [0.4, 0.5) is 0 Å². The average molecular weight is 264 g/mol. The maximum Gasteiger partial charge on any atom is 0.255 e. The molecule has 0 spiro atoms. The van der Waals surface area contributed by atoms with E-state index in [4.69, 9.17) is 0 Å².